The fraction of sp³-hybridized carbons (Fsp3) is 0.593. The Balaban J connectivity index is 1.63. The van der Waals surface area contributed by atoms with Crippen LogP contribution < -0.4 is 5.32 Å². The molecule has 1 aromatic carbocycles. The van der Waals surface area contributed by atoms with E-state index in [1.807, 2.05) is 36.4 Å². The van der Waals surface area contributed by atoms with E-state index in [1.165, 1.54) is 0 Å². The van der Waals surface area contributed by atoms with Gasteiger partial charge in [-0.3, -0.25) is 5.32 Å². The van der Waals surface area contributed by atoms with E-state index in [4.69, 9.17) is 4.74 Å². The molecule has 0 aromatic heterocycles. The van der Waals surface area contributed by atoms with Crippen molar-refractivity contribution in [3.63, 3.8) is 0 Å². The summed E-state index contributed by atoms with van der Waals surface area (Å²) in [6, 6.07) is 9.20. The number of benzene rings is 1. The van der Waals surface area contributed by atoms with Gasteiger partial charge in [0, 0.05) is 18.0 Å². The Morgan fingerprint density at radius 3 is 2.67 bits per heavy atom. The van der Waals surface area contributed by atoms with E-state index in [9.17, 15) is 20.1 Å². The molecule has 0 radical (unpaired) electrons. The summed E-state index contributed by atoms with van der Waals surface area (Å²) in [5.74, 6) is -0.178. The maximum absolute atomic E-state index is 11.7. The Hall–Kier alpha value is -2.15. The molecule has 6 heteroatoms. The van der Waals surface area contributed by atoms with Crippen LogP contribution in [-0.4, -0.2) is 46.3 Å². The summed E-state index contributed by atoms with van der Waals surface area (Å²) in [5, 5.41) is 33.5. The number of hydrogen-bond donors (Lipinski definition) is 4. The SMILES string of the molecule is CCCCC[C@H](O)/C=C/[C@@H]1[C@@H](C/C=C\CCCCOC(=O)Nc2ccccc2)[C@@H](O)C[C@H]1O. The number of allylic oxidation sites excluding steroid dienone is 2. The molecular weight excluding hydrogens is 418 g/mol. The number of aliphatic hydroxyl groups excluding tert-OH is 3. The van der Waals surface area contributed by atoms with E-state index in [0.717, 1.165) is 44.9 Å². The number of carbonyl (C=O) groups excluding carboxylic acids is 1. The van der Waals surface area contributed by atoms with Crippen molar-refractivity contribution in [2.24, 2.45) is 11.8 Å². The van der Waals surface area contributed by atoms with Gasteiger partial charge in [-0.15, -0.1) is 0 Å². The van der Waals surface area contributed by atoms with Gasteiger partial charge >= 0.3 is 6.09 Å². The van der Waals surface area contributed by atoms with Crippen molar-refractivity contribution in [1.29, 1.82) is 0 Å². The number of carbonyl (C=O) groups is 1. The molecule has 0 bridgehead atoms. The molecule has 184 valence electrons. The second-order valence-corrected chi connectivity index (χ2v) is 8.89. The van der Waals surface area contributed by atoms with Gasteiger partial charge in [0.15, 0.2) is 0 Å². The minimum Gasteiger partial charge on any atom is -0.449 e. The number of para-hydroxylation sites is 1. The topological polar surface area (TPSA) is 99.0 Å². The van der Waals surface area contributed by atoms with E-state index >= 15 is 0 Å². The zero-order valence-electron chi connectivity index (χ0n) is 19.8. The molecule has 1 amide bonds. The number of nitrogens with one attached hydrogen (secondary N) is 1. The lowest BCUT2D eigenvalue weighted by atomic mass is 9.89. The second kappa shape index (κ2) is 15.6. The van der Waals surface area contributed by atoms with E-state index in [2.05, 4.69) is 24.4 Å². The lowest BCUT2D eigenvalue weighted by Crippen LogP contribution is -2.20. The van der Waals surface area contributed by atoms with Crippen LogP contribution in [-0.2, 0) is 4.74 Å². The molecule has 4 N–H and O–H groups in total. The van der Waals surface area contributed by atoms with Gasteiger partial charge in [0.05, 0.1) is 24.9 Å². The quantitative estimate of drug-likeness (QED) is 0.226. The van der Waals surface area contributed by atoms with E-state index < -0.39 is 24.4 Å². The summed E-state index contributed by atoms with van der Waals surface area (Å²) in [6.45, 7) is 2.50. The highest BCUT2D eigenvalue weighted by Crippen LogP contribution is 2.36. The van der Waals surface area contributed by atoms with Crippen LogP contribution in [0.5, 0.6) is 0 Å². The molecule has 1 aromatic rings. The summed E-state index contributed by atoms with van der Waals surface area (Å²) in [5.41, 5.74) is 0.712. The third-order valence-corrected chi connectivity index (χ3v) is 6.17. The zero-order chi connectivity index (χ0) is 23.9. The van der Waals surface area contributed by atoms with Crippen LogP contribution in [0.2, 0.25) is 0 Å². The second-order valence-electron chi connectivity index (χ2n) is 8.89. The highest BCUT2D eigenvalue weighted by Gasteiger charge is 2.39. The van der Waals surface area contributed by atoms with Crippen molar-refractivity contribution in [3.05, 3.63) is 54.6 Å². The van der Waals surface area contributed by atoms with Crippen molar-refractivity contribution in [3.8, 4) is 0 Å². The van der Waals surface area contributed by atoms with Crippen LogP contribution in [0.4, 0.5) is 10.5 Å². The standard InChI is InChI=1S/C27H41NO5/c1-2-3-8-15-22(29)17-18-24-23(25(30)20-26(24)31)16-11-5-4-6-12-19-33-27(32)28-21-13-9-7-10-14-21/h5,7,9-11,13-14,17-18,22-26,29-31H,2-4,6,8,12,15-16,19-20H2,1H3,(H,28,32)/b11-5-,18-17+/t22-,23+,24+,25-,26+/m0/s1. The van der Waals surface area contributed by atoms with Crippen molar-refractivity contribution in [2.45, 2.75) is 83.0 Å². The van der Waals surface area contributed by atoms with Crippen LogP contribution in [0.25, 0.3) is 0 Å². The molecule has 1 saturated carbocycles. The number of unbranched alkanes of at least 4 members (excludes halogenated alkanes) is 4. The average Bonchev–Trinajstić information content (AvgIpc) is 3.07. The predicted octanol–water partition coefficient (Wildman–Crippen LogP) is 5.21. The lowest BCUT2D eigenvalue weighted by Gasteiger charge is -2.19. The third kappa shape index (κ3) is 10.5. The lowest BCUT2D eigenvalue weighted by molar-refractivity contribution is 0.120. The summed E-state index contributed by atoms with van der Waals surface area (Å²) in [4.78, 5) is 11.7. The Morgan fingerprint density at radius 2 is 1.91 bits per heavy atom. The minimum atomic E-state index is -0.573. The highest BCUT2D eigenvalue weighted by molar-refractivity contribution is 5.84. The first-order valence-corrected chi connectivity index (χ1v) is 12.4. The largest absolute Gasteiger partial charge is 0.449 e. The Morgan fingerprint density at radius 1 is 1.12 bits per heavy atom. The smallest absolute Gasteiger partial charge is 0.411 e. The van der Waals surface area contributed by atoms with Crippen LogP contribution in [0, 0.1) is 11.8 Å². The number of anilines is 1. The van der Waals surface area contributed by atoms with Crippen molar-refractivity contribution >= 4 is 11.8 Å². The first-order chi connectivity index (χ1) is 16.0. The molecular formula is C27H41NO5. The maximum Gasteiger partial charge on any atom is 0.411 e. The Kier molecular flexibility index (Phi) is 12.8. The minimum absolute atomic E-state index is 0.0413. The van der Waals surface area contributed by atoms with Gasteiger partial charge in [0.2, 0.25) is 0 Å². The third-order valence-electron chi connectivity index (χ3n) is 6.17. The van der Waals surface area contributed by atoms with Crippen LogP contribution in [0.3, 0.4) is 0 Å². The molecule has 1 aliphatic carbocycles. The fourth-order valence-electron chi connectivity index (χ4n) is 4.24. The number of rotatable bonds is 14. The molecule has 0 unspecified atom stereocenters. The molecule has 0 aliphatic heterocycles. The molecule has 0 spiro atoms. The van der Waals surface area contributed by atoms with Crippen LogP contribution in [0.15, 0.2) is 54.6 Å². The van der Waals surface area contributed by atoms with Crippen molar-refractivity contribution in [2.75, 3.05) is 11.9 Å². The van der Waals surface area contributed by atoms with E-state index in [0.29, 0.717) is 25.1 Å². The molecule has 5 atom stereocenters. The summed E-state index contributed by atoms with van der Waals surface area (Å²) in [7, 11) is 0. The normalized spacial score (nSPS) is 23.9. The number of amides is 1. The molecule has 0 saturated heterocycles. The monoisotopic (exact) mass is 459 g/mol. The highest BCUT2D eigenvalue weighted by atomic mass is 16.5. The molecule has 33 heavy (non-hydrogen) atoms. The molecule has 6 nitrogen and oxygen atoms in total. The Bertz CT molecular complexity index is 720. The van der Waals surface area contributed by atoms with Crippen molar-refractivity contribution < 1.29 is 24.9 Å². The predicted molar refractivity (Wildman–Crippen MR) is 132 cm³/mol. The molecule has 0 heterocycles. The maximum atomic E-state index is 11.7. The zero-order valence-corrected chi connectivity index (χ0v) is 19.8. The number of hydrogen-bond acceptors (Lipinski definition) is 5. The first-order valence-electron chi connectivity index (χ1n) is 12.4. The summed E-state index contributed by atoms with van der Waals surface area (Å²) < 4.78 is 5.19. The van der Waals surface area contributed by atoms with Gasteiger partial charge in [-0.05, 0) is 50.2 Å². The van der Waals surface area contributed by atoms with Crippen LogP contribution in [0.1, 0.15) is 64.7 Å². The van der Waals surface area contributed by atoms with Gasteiger partial charge in [-0.2, -0.15) is 0 Å². The first kappa shape index (κ1) is 27.1. The molecule has 1 fully saturated rings. The summed E-state index contributed by atoms with van der Waals surface area (Å²) >= 11 is 0. The van der Waals surface area contributed by atoms with E-state index in [1.54, 1.807) is 6.08 Å². The average molecular weight is 460 g/mol. The number of aliphatic hydroxyl groups is 3. The fourth-order valence-corrected chi connectivity index (χ4v) is 4.24. The van der Waals surface area contributed by atoms with E-state index in [-0.39, 0.29) is 11.8 Å². The molecule has 2 rings (SSSR count). The Labute approximate surface area is 198 Å². The molecule has 1 aliphatic rings. The van der Waals surface area contributed by atoms with Gasteiger partial charge in [0.25, 0.3) is 0 Å². The summed E-state index contributed by atoms with van der Waals surface area (Å²) in [6.07, 6.45) is 13.4. The van der Waals surface area contributed by atoms with Gasteiger partial charge < -0.3 is 20.1 Å². The van der Waals surface area contributed by atoms with Gasteiger partial charge in [-0.1, -0.05) is 68.7 Å². The van der Waals surface area contributed by atoms with Gasteiger partial charge in [-0.25, -0.2) is 4.79 Å². The van der Waals surface area contributed by atoms with Crippen LogP contribution >= 0.6 is 0 Å². The van der Waals surface area contributed by atoms with Crippen molar-refractivity contribution in [1.82, 2.24) is 0 Å². The number of ether oxygens (including phenoxy) is 1. The van der Waals surface area contributed by atoms with Gasteiger partial charge in [0.1, 0.15) is 0 Å².